The van der Waals surface area contributed by atoms with Gasteiger partial charge in [-0.2, -0.15) is 0 Å². The second-order valence-corrected chi connectivity index (χ2v) is 8.50. The van der Waals surface area contributed by atoms with Gasteiger partial charge in [-0.1, -0.05) is 49.7 Å². The van der Waals surface area contributed by atoms with Crippen LogP contribution in [0.15, 0.2) is 77.2 Å². The van der Waals surface area contributed by atoms with Gasteiger partial charge in [-0.15, -0.1) is 10.2 Å². The summed E-state index contributed by atoms with van der Waals surface area (Å²) >= 11 is 0. The second kappa shape index (κ2) is 11.0. The number of unbranched alkanes of at least 4 members (excludes halogenated alkanes) is 1. The summed E-state index contributed by atoms with van der Waals surface area (Å²) in [6, 6.07) is 22.5. The summed E-state index contributed by atoms with van der Waals surface area (Å²) in [4.78, 5) is 21.6. The van der Waals surface area contributed by atoms with E-state index in [1.165, 1.54) is 7.11 Å². The SMILES string of the molecule is CCCCc1nc2ccccc2nc1OCc1ccc(-c2nnc(-c3ccccc3C(=O)OC)o2)cc1. The van der Waals surface area contributed by atoms with Gasteiger partial charge in [0.05, 0.1) is 29.3 Å². The summed E-state index contributed by atoms with van der Waals surface area (Å²) in [5.41, 5.74) is 5.18. The number of ether oxygens (including phenoxy) is 2. The molecule has 0 bridgehead atoms. The molecule has 0 N–H and O–H groups in total. The number of carbonyl (C=O) groups is 1. The minimum Gasteiger partial charge on any atom is -0.471 e. The van der Waals surface area contributed by atoms with Gasteiger partial charge in [-0.25, -0.2) is 14.8 Å². The Hall–Kier alpha value is -4.59. The Balaban J connectivity index is 1.32. The average Bonchev–Trinajstić information content (AvgIpc) is 3.45. The second-order valence-electron chi connectivity index (χ2n) is 8.50. The lowest BCUT2D eigenvalue weighted by Crippen LogP contribution is -2.04. The van der Waals surface area contributed by atoms with E-state index in [1.807, 2.05) is 48.5 Å². The number of hydrogen-bond donors (Lipinski definition) is 0. The molecule has 0 spiro atoms. The first kappa shape index (κ1) is 24.1. The van der Waals surface area contributed by atoms with Crippen LogP contribution in [0, 0.1) is 0 Å². The highest BCUT2D eigenvalue weighted by Gasteiger charge is 2.18. The van der Waals surface area contributed by atoms with Crippen molar-refractivity contribution in [3.63, 3.8) is 0 Å². The van der Waals surface area contributed by atoms with Gasteiger partial charge in [0.25, 0.3) is 0 Å². The van der Waals surface area contributed by atoms with E-state index >= 15 is 0 Å². The summed E-state index contributed by atoms with van der Waals surface area (Å²) in [5, 5.41) is 8.30. The van der Waals surface area contributed by atoms with Crippen LogP contribution < -0.4 is 4.74 Å². The van der Waals surface area contributed by atoms with Crippen molar-refractivity contribution in [2.24, 2.45) is 0 Å². The number of carbonyl (C=O) groups excluding carboxylic acids is 1. The Morgan fingerprint density at radius 3 is 2.32 bits per heavy atom. The molecule has 8 heteroatoms. The fourth-order valence-corrected chi connectivity index (χ4v) is 3.94. The number of nitrogens with zero attached hydrogens (tertiary/aromatic N) is 4. The molecule has 0 unspecified atom stereocenters. The molecule has 2 aromatic heterocycles. The standard InChI is InChI=1S/C29H26N4O4/c1-3-4-11-25-28(31-24-13-8-7-12-23(24)30-25)36-18-19-14-16-20(17-15-19)26-32-33-27(37-26)21-9-5-6-10-22(21)29(34)35-2/h5-10,12-17H,3-4,11,18H2,1-2H3. The molecule has 0 amide bonds. The van der Waals surface area contributed by atoms with Crippen LogP contribution in [0.4, 0.5) is 0 Å². The lowest BCUT2D eigenvalue weighted by molar-refractivity contribution is 0.0601. The van der Waals surface area contributed by atoms with Crippen molar-refractivity contribution >= 4 is 17.0 Å². The summed E-state index contributed by atoms with van der Waals surface area (Å²) in [7, 11) is 1.34. The Morgan fingerprint density at radius 1 is 0.865 bits per heavy atom. The molecule has 186 valence electrons. The third-order valence-electron chi connectivity index (χ3n) is 5.94. The van der Waals surface area contributed by atoms with E-state index in [1.54, 1.807) is 24.3 Å². The maximum absolute atomic E-state index is 12.1. The summed E-state index contributed by atoms with van der Waals surface area (Å²) in [6.45, 7) is 2.51. The van der Waals surface area contributed by atoms with Gasteiger partial charge in [0.1, 0.15) is 12.3 Å². The van der Waals surface area contributed by atoms with E-state index in [-0.39, 0.29) is 5.89 Å². The van der Waals surface area contributed by atoms with Crippen LogP contribution in [0.25, 0.3) is 33.9 Å². The molecule has 37 heavy (non-hydrogen) atoms. The predicted octanol–water partition coefficient (Wildman–Crippen LogP) is 6.06. The van der Waals surface area contributed by atoms with Gasteiger partial charge >= 0.3 is 5.97 Å². The molecule has 5 rings (SSSR count). The number of aromatic nitrogens is 4. The zero-order chi connectivity index (χ0) is 25.6. The van der Waals surface area contributed by atoms with Crippen molar-refractivity contribution < 1.29 is 18.7 Å². The highest BCUT2D eigenvalue weighted by Crippen LogP contribution is 2.27. The number of esters is 1. The minimum atomic E-state index is -0.464. The van der Waals surface area contributed by atoms with Gasteiger partial charge in [-0.05, 0) is 54.8 Å². The van der Waals surface area contributed by atoms with Crippen molar-refractivity contribution in [2.75, 3.05) is 7.11 Å². The molecule has 0 aliphatic carbocycles. The quantitative estimate of drug-likeness (QED) is 0.228. The van der Waals surface area contributed by atoms with Crippen molar-refractivity contribution in [2.45, 2.75) is 32.8 Å². The normalized spacial score (nSPS) is 11.0. The molecule has 0 saturated heterocycles. The molecular formula is C29H26N4O4. The lowest BCUT2D eigenvalue weighted by Gasteiger charge is -2.11. The van der Waals surface area contributed by atoms with Crippen molar-refractivity contribution in [1.29, 1.82) is 0 Å². The maximum atomic E-state index is 12.1. The van der Waals surface area contributed by atoms with Gasteiger partial charge < -0.3 is 13.9 Å². The number of fused-ring (bicyclic) bond motifs is 1. The number of benzene rings is 3. The molecule has 0 fully saturated rings. The van der Waals surface area contributed by atoms with Gasteiger partial charge in [0, 0.05) is 5.56 Å². The fourth-order valence-electron chi connectivity index (χ4n) is 3.94. The largest absolute Gasteiger partial charge is 0.471 e. The molecule has 8 nitrogen and oxygen atoms in total. The van der Waals surface area contributed by atoms with Gasteiger partial charge in [0.15, 0.2) is 0 Å². The number of rotatable bonds is 9. The van der Waals surface area contributed by atoms with Crippen LogP contribution in [-0.2, 0) is 17.8 Å². The zero-order valence-electron chi connectivity index (χ0n) is 20.7. The van der Waals surface area contributed by atoms with Crippen molar-refractivity contribution in [3.05, 3.63) is 89.6 Å². The van der Waals surface area contributed by atoms with E-state index in [9.17, 15) is 4.79 Å². The Bertz CT molecular complexity index is 1530. The number of hydrogen-bond acceptors (Lipinski definition) is 8. The highest BCUT2D eigenvalue weighted by molar-refractivity contribution is 5.96. The molecule has 2 heterocycles. The third kappa shape index (κ3) is 5.33. The van der Waals surface area contributed by atoms with Gasteiger partial charge in [-0.3, -0.25) is 0 Å². The van der Waals surface area contributed by atoms with E-state index in [2.05, 4.69) is 17.1 Å². The molecule has 0 saturated carbocycles. The predicted molar refractivity (Wildman–Crippen MR) is 139 cm³/mol. The van der Waals surface area contributed by atoms with Crippen molar-refractivity contribution in [1.82, 2.24) is 20.2 Å². The first-order valence-electron chi connectivity index (χ1n) is 12.1. The molecule has 5 aromatic rings. The van der Waals surface area contributed by atoms with Crippen LogP contribution in [0.5, 0.6) is 5.88 Å². The smallest absolute Gasteiger partial charge is 0.338 e. The first-order valence-corrected chi connectivity index (χ1v) is 12.1. The van der Waals surface area contributed by atoms with E-state index in [0.717, 1.165) is 47.1 Å². The molecule has 0 aliphatic rings. The van der Waals surface area contributed by atoms with Crippen LogP contribution in [-0.4, -0.2) is 33.2 Å². The summed E-state index contributed by atoms with van der Waals surface area (Å²) in [5.74, 6) is 0.706. The van der Waals surface area contributed by atoms with Crippen LogP contribution in [0.1, 0.15) is 41.4 Å². The van der Waals surface area contributed by atoms with Crippen molar-refractivity contribution in [3.8, 4) is 28.8 Å². The molecule has 0 aliphatic heterocycles. The van der Waals surface area contributed by atoms with Crippen LogP contribution in [0.2, 0.25) is 0 Å². The number of aryl methyl sites for hydroxylation is 1. The topological polar surface area (TPSA) is 100 Å². The average molecular weight is 495 g/mol. The highest BCUT2D eigenvalue weighted by atomic mass is 16.5. The molecular weight excluding hydrogens is 468 g/mol. The maximum Gasteiger partial charge on any atom is 0.338 e. The van der Waals surface area contributed by atoms with E-state index in [0.29, 0.717) is 29.5 Å². The summed E-state index contributed by atoms with van der Waals surface area (Å²) < 4.78 is 16.8. The first-order chi connectivity index (χ1) is 18.2. The number of methoxy groups -OCH3 is 1. The van der Waals surface area contributed by atoms with Gasteiger partial charge in [0.2, 0.25) is 17.7 Å². The lowest BCUT2D eigenvalue weighted by atomic mass is 10.1. The third-order valence-corrected chi connectivity index (χ3v) is 5.94. The Labute approximate surface area is 214 Å². The molecule has 3 aromatic carbocycles. The minimum absolute atomic E-state index is 0.248. The fraction of sp³-hybridized carbons (Fsp3) is 0.207. The monoisotopic (exact) mass is 494 g/mol. The van der Waals surface area contributed by atoms with Crippen LogP contribution in [0.3, 0.4) is 0 Å². The van der Waals surface area contributed by atoms with E-state index in [4.69, 9.17) is 23.9 Å². The van der Waals surface area contributed by atoms with Crippen LogP contribution >= 0.6 is 0 Å². The van der Waals surface area contributed by atoms with E-state index < -0.39 is 5.97 Å². The molecule has 0 atom stereocenters. The Kier molecular flexibility index (Phi) is 7.16. The Morgan fingerprint density at radius 2 is 1.57 bits per heavy atom. The zero-order valence-corrected chi connectivity index (χ0v) is 20.7. The number of para-hydroxylation sites is 2. The summed E-state index contributed by atoms with van der Waals surface area (Å²) in [6.07, 6.45) is 2.91. The molecule has 0 radical (unpaired) electrons.